The highest BCUT2D eigenvalue weighted by molar-refractivity contribution is 7.07. The lowest BCUT2D eigenvalue weighted by Gasteiger charge is -2.24. The van der Waals surface area contributed by atoms with E-state index in [4.69, 9.17) is 9.47 Å². The maximum Gasteiger partial charge on any atom is 0.338 e. The number of carbonyl (C=O) groups is 1. The molecule has 0 amide bonds. The molecule has 1 aliphatic heterocycles. The van der Waals surface area contributed by atoms with E-state index in [0.717, 1.165) is 16.9 Å². The van der Waals surface area contributed by atoms with Crippen LogP contribution < -0.4 is 19.6 Å². The first-order chi connectivity index (χ1) is 15.9. The Kier molecular flexibility index (Phi) is 6.60. The lowest BCUT2D eigenvalue weighted by molar-refractivity contribution is -0.136. The van der Waals surface area contributed by atoms with Gasteiger partial charge in [-0.3, -0.25) is 9.36 Å². The van der Waals surface area contributed by atoms with Crippen LogP contribution in [0.5, 0.6) is 5.75 Å². The molecule has 0 radical (unpaired) electrons. The first-order valence-electron chi connectivity index (χ1n) is 10.8. The van der Waals surface area contributed by atoms with Crippen LogP contribution in [0.2, 0.25) is 0 Å². The molecule has 0 spiro atoms. The van der Waals surface area contributed by atoms with Crippen LogP contribution in [0.1, 0.15) is 37.9 Å². The van der Waals surface area contributed by atoms with Gasteiger partial charge in [-0.1, -0.05) is 67.6 Å². The van der Waals surface area contributed by atoms with E-state index >= 15 is 0 Å². The largest absolute Gasteiger partial charge is 0.493 e. The quantitative estimate of drug-likeness (QED) is 0.526. The third-order valence-corrected chi connectivity index (χ3v) is 6.29. The second kappa shape index (κ2) is 9.58. The number of allylic oxidation sites excluding steroid dienone is 1. The molecule has 2 aromatic carbocycles. The monoisotopic (exact) mass is 462 g/mol. The van der Waals surface area contributed by atoms with Crippen molar-refractivity contribution in [2.24, 2.45) is 10.9 Å². The topological polar surface area (TPSA) is 69.9 Å². The molecule has 2 heterocycles. The zero-order valence-electron chi connectivity index (χ0n) is 19.1. The molecule has 0 saturated heterocycles. The summed E-state index contributed by atoms with van der Waals surface area (Å²) in [6, 6.07) is 16.5. The molecule has 1 unspecified atom stereocenters. The molecule has 170 valence electrons. The summed E-state index contributed by atoms with van der Waals surface area (Å²) in [7, 11) is 1.34. The maximum absolute atomic E-state index is 13.5. The lowest BCUT2D eigenvalue weighted by atomic mass is 9.96. The molecule has 1 aliphatic rings. The summed E-state index contributed by atoms with van der Waals surface area (Å²) in [5.41, 5.74) is 2.44. The Morgan fingerprint density at radius 1 is 1.15 bits per heavy atom. The number of hydrogen-bond acceptors (Lipinski definition) is 6. The molecular formula is C26H26N2O4S. The van der Waals surface area contributed by atoms with E-state index < -0.39 is 12.0 Å². The molecule has 1 aromatic heterocycles. The number of nitrogens with zero attached hydrogens (tertiary/aromatic N) is 2. The summed E-state index contributed by atoms with van der Waals surface area (Å²) in [6.45, 7) is 6.63. The third-order valence-electron chi connectivity index (χ3n) is 5.30. The van der Waals surface area contributed by atoms with Gasteiger partial charge in [-0.2, -0.15) is 0 Å². The Hall–Kier alpha value is -3.45. The van der Waals surface area contributed by atoms with Crippen LogP contribution in [-0.2, 0) is 9.53 Å². The highest BCUT2D eigenvalue weighted by atomic mass is 32.1. The summed E-state index contributed by atoms with van der Waals surface area (Å²) >= 11 is 1.31. The van der Waals surface area contributed by atoms with Crippen molar-refractivity contribution in [1.82, 2.24) is 4.57 Å². The molecule has 0 saturated carbocycles. The summed E-state index contributed by atoms with van der Waals surface area (Å²) in [5.74, 6) is 0.753. The van der Waals surface area contributed by atoms with Crippen LogP contribution in [0.4, 0.5) is 0 Å². The zero-order chi connectivity index (χ0) is 23.5. The summed E-state index contributed by atoms with van der Waals surface area (Å²) < 4.78 is 12.9. The van der Waals surface area contributed by atoms with Crippen molar-refractivity contribution >= 4 is 23.4 Å². The van der Waals surface area contributed by atoms with Gasteiger partial charge in [0.25, 0.3) is 5.56 Å². The maximum atomic E-state index is 13.5. The Morgan fingerprint density at radius 3 is 2.48 bits per heavy atom. The summed E-state index contributed by atoms with van der Waals surface area (Å²) in [4.78, 5) is 31.3. The Labute approximate surface area is 196 Å². The summed E-state index contributed by atoms with van der Waals surface area (Å²) in [5, 5.41) is 0. The SMILES string of the molecule is COC(=O)C1=C(C)N=c2sc(=Cc3ccc(OCC(C)C)cc3)c(=O)n2C1c1ccccc1. The number of rotatable bonds is 6. The fraction of sp³-hybridized carbons (Fsp3) is 0.269. The van der Waals surface area contributed by atoms with Gasteiger partial charge in [-0.05, 0) is 42.2 Å². The fourth-order valence-corrected chi connectivity index (χ4v) is 4.76. The van der Waals surface area contributed by atoms with Crippen LogP contribution in [0.15, 0.2) is 75.7 Å². The molecule has 0 aliphatic carbocycles. The highest BCUT2D eigenvalue weighted by Crippen LogP contribution is 2.30. The van der Waals surface area contributed by atoms with Crippen LogP contribution in [-0.4, -0.2) is 24.3 Å². The van der Waals surface area contributed by atoms with E-state index in [0.29, 0.717) is 33.1 Å². The van der Waals surface area contributed by atoms with Crippen molar-refractivity contribution in [3.8, 4) is 5.75 Å². The number of benzene rings is 2. The minimum atomic E-state index is -0.594. The lowest BCUT2D eigenvalue weighted by Crippen LogP contribution is -2.39. The molecule has 4 rings (SSSR count). The van der Waals surface area contributed by atoms with E-state index in [-0.39, 0.29) is 5.56 Å². The number of methoxy groups -OCH3 is 1. The number of carbonyl (C=O) groups excluding carboxylic acids is 1. The van der Waals surface area contributed by atoms with Crippen LogP contribution in [0.25, 0.3) is 6.08 Å². The second-order valence-electron chi connectivity index (χ2n) is 8.26. The average Bonchev–Trinajstić information content (AvgIpc) is 3.12. The van der Waals surface area contributed by atoms with Crippen molar-refractivity contribution < 1.29 is 14.3 Å². The Morgan fingerprint density at radius 2 is 1.85 bits per heavy atom. The molecule has 0 N–H and O–H groups in total. The van der Waals surface area contributed by atoms with Gasteiger partial charge >= 0.3 is 5.97 Å². The minimum Gasteiger partial charge on any atom is -0.493 e. The van der Waals surface area contributed by atoms with Gasteiger partial charge in [0.1, 0.15) is 5.75 Å². The van der Waals surface area contributed by atoms with Gasteiger partial charge in [-0.15, -0.1) is 0 Å². The van der Waals surface area contributed by atoms with Gasteiger partial charge in [0.2, 0.25) is 0 Å². The number of hydrogen-bond donors (Lipinski definition) is 0. The van der Waals surface area contributed by atoms with E-state index in [1.807, 2.05) is 60.7 Å². The Bertz CT molecular complexity index is 1370. The third kappa shape index (κ3) is 4.68. The smallest absolute Gasteiger partial charge is 0.338 e. The Balaban J connectivity index is 1.80. The van der Waals surface area contributed by atoms with E-state index in [1.54, 1.807) is 11.5 Å². The predicted molar refractivity (Wildman–Crippen MR) is 129 cm³/mol. The van der Waals surface area contributed by atoms with Gasteiger partial charge in [0, 0.05) is 0 Å². The van der Waals surface area contributed by atoms with Crippen LogP contribution in [0, 0.1) is 5.92 Å². The minimum absolute atomic E-state index is 0.193. The summed E-state index contributed by atoms with van der Waals surface area (Å²) in [6.07, 6.45) is 1.84. The number of thiazole rings is 1. The van der Waals surface area contributed by atoms with Gasteiger partial charge in [0.05, 0.1) is 35.6 Å². The second-order valence-corrected chi connectivity index (χ2v) is 9.27. The molecule has 7 heteroatoms. The van der Waals surface area contributed by atoms with E-state index in [1.165, 1.54) is 18.4 Å². The molecule has 1 atom stereocenters. The van der Waals surface area contributed by atoms with Crippen molar-refractivity contribution in [2.45, 2.75) is 26.8 Å². The van der Waals surface area contributed by atoms with Crippen molar-refractivity contribution in [3.05, 3.63) is 96.7 Å². The number of fused-ring (bicyclic) bond motifs is 1. The van der Waals surface area contributed by atoms with Gasteiger partial charge in [-0.25, -0.2) is 9.79 Å². The normalized spacial score (nSPS) is 15.9. The number of esters is 1. The standard InChI is InChI=1S/C26H26N2O4S/c1-16(2)15-32-20-12-10-18(11-13-20)14-21-24(29)28-23(19-8-6-5-7-9-19)22(25(30)31-4)17(3)27-26(28)33-21/h5-14,16,23H,15H2,1-4H3. The molecule has 33 heavy (non-hydrogen) atoms. The van der Waals surface area contributed by atoms with Gasteiger partial charge in [0.15, 0.2) is 4.80 Å². The molecule has 0 fully saturated rings. The predicted octanol–water partition coefficient (Wildman–Crippen LogP) is 3.44. The van der Waals surface area contributed by atoms with E-state index in [2.05, 4.69) is 18.8 Å². The number of ether oxygens (including phenoxy) is 2. The molecule has 6 nitrogen and oxygen atoms in total. The van der Waals surface area contributed by atoms with E-state index in [9.17, 15) is 9.59 Å². The van der Waals surface area contributed by atoms with Crippen molar-refractivity contribution in [2.75, 3.05) is 13.7 Å². The highest BCUT2D eigenvalue weighted by Gasteiger charge is 2.32. The van der Waals surface area contributed by atoms with Crippen molar-refractivity contribution in [1.29, 1.82) is 0 Å². The molecule has 0 bridgehead atoms. The first-order valence-corrected chi connectivity index (χ1v) is 11.6. The van der Waals surface area contributed by atoms with Crippen molar-refractivity contribution in [3.63, 3.8) is 0 Å². The molecule has 3 aromatic rings. The fourth-order valence-electron chi connectivity index (χ4n) is 3.72. The van der Waals surface area contributed by atoms with Crippen LogP contribution in [0.3, 0.4) is 0 Å². The zero-order valence-corrected chi connectivity index (χ0v) is 19.9. The number of aromatic nitrogens is 1. The average molecular weight is 463 g/mol. The van der Waals surface area contributed by atoms with Crippen LogP contribution >= 0.6 is 11.3 Å². The molecular weight excluding hydrogens is 436 g/mol. The first kappa shape index (κ1) is 22.7. The van der Waals surface area contributed by atoms with Gasteiger partial charge < -0.3 is 9.47 Å².